The van der Waals surface area contributed by atoms with E-state index < -0.39 is 0 Å². The molecule has 9 heteroatoms. The lowest BCUT2D eigenvalue weighted by Gasteiger charge is -2.33. The highest BCUT2D eigenvalue weighted by atomic mass is 35.5. The van der Waals surface area contributed by atoms with Gasteiger partial charge in [0.1, 0.15) is 0 Å². The Bertz CT molecular complexity index is 1660. The average molecular weight is 614 g/mol. The van der Waals surface area contributed by atoms with Crippen molar-refractivity contribution < 1.29 is 9.53 Å². The van der Waals surface area contributed by atoms with Crippen LogP contribution in [-0.4, -0.2) is 40.8 Å². The topological polar surface area (TPSA) is 62.6 Å². The molecule has 0 aliphatic carbocycles. The number of carbonyl (C=O) groups is 1. The van der Waals surface area contributed by atoms with Crippen molar-refractivity contribution in [2.24, 2.45) is 5.92 Å². The fourth-order valence-corrected chi connectivity index (χ4v) is 7.15. The molecule has 222 valence electrons. The largest absolute Gasteiger partial charge is 0.465 e. The van der Waals surface area contributed by atoms with Crippen LogP contribution in [0.5, 0.6) is 0 Å². The summed E-state index contributed by atoms with van der Waals surface area (Å²) < 4.78 is 7.22. The molecule has 2 atom stereocenters. The molecule has 4 aromatic rings. The Morgan fingerprint density at radius 2 is 1.77 bits per heavy atom. The normalized spacial score (nSPS) is 19.0. The number of thiocarbonyl (C=S) groups is 1. The maximum absolute atomic E-state index is 12.7. The van der Waals surface area contributed by atoms with Gasteiger partial charge in [-0.2, -0.15) is 0 Å². The predicted molar refractivity (Wildman–Crippen MR) is 177 cm³/mol. The highest BCUT2D eigenvalue weighted by Crippen LogP contribution is 2.45. The molecule has 2 aromatic carbocycles. The number of piperidine rings is 1. The highest BCUT2D eigenvalue weighted by Gasteiger charge is 2.42. The molecule has 4 heterocycles. The molecule has 7 nitrogen and oxygen atoms in total. The number of esters is 1. The number of methoxy groups -OCH3 is 1. The van der Waals surface area contributed by atoms with Gasteiger partial charge in [0.25, 0.3) is 0 Å². The molecule has 2 saturated heterocycles. The number of nitrogens with one attached hydrogen (secondary N) is 1. The van der Waals surface area contributed by atoms with E-state index in [0.29, 0.717) is 15.7 Å². The summed E-state index contributed by atoms with van der Waals surface area (Å²) in [5, 5.41) is 4.88. The van der Waals surface area contributed by atoms with E-state index in [2.05, 4.69) is 58.7 Å². The summed E-state index contributed by atoms with van der Waals surface area (Å²) in [5.41, 5.74) is 7.22. The Labute approximate surface area is 263 Å². The van der Waals surface area contributed by atoms with E-state index in [-0.39, 0.29) is 18.1 Å². The van der Waals surface area contributed by atoms with E-state index in [0.717, 1.165) is 58.7 Å². The minimum absolute atomic E-state index is 0.208. The Morgan fingerprint density at radius 1 is 1.02 bits per heavy atom. The first kappa shape index (κ1) is 29.2. The van der Waals surface area contributed by atoms with Crippen molar-refractivity contribution in [1.29, 1.82) is 0 Å². The number of nitrogens with zero attached hydrogens (tertiary/aromatic N) is 4. The quantitative estimate of drug-likeness (QED) is 0.180. The molecule has 2 aliphatic rings. The summed E-state index contributed by atoms with van der Waals surface area (Å²) in [6, 6.07) is 21.5. The Balaban J connectivity index is 1.46. The third-order valence-corrected chi connectivity index (χ3v) is 9.39. The number of aromatic nitrogens is 2. The number of carbonyl (C=O) groups excluding carboxylic acids is 1. The SMILES string of the molecule is COC(=O)c1ccccc1-n1c(C)cc([C@H]2[C@H](c3ccccn3)NC(=S)N2c2ccc(N3CCC(C)CC3)c(Cl)c2)c1C. The van der Waals surface area contributed by atoms with Crippen LogP contribution >= 0.6 is 23.8 Å². The number of halogens is 1. The zero-order chi connectivity index (χ0) is 30.2. The number of anilines is 2. The summed E-state index contributed by atoms with van der Waals surface area (Å²) in [4.78, 5) is 22.0. The minimum atomic E-state index is -0.376. The lowest BCUT2D eigenvalue weighted by molar-refractivity contribution is 0.0600. The Kier molecular flexibility index (Phi) is 8.16. The molecule has 2 fully saturated rings. The molecular weight excluding hydrogens is 578 g/mol. The van der Waals surface area contributed by atoms with Gasteiger partial charge in [-0.15, -0.1) is 0 Å². The first-order chi connectivity index (χ1) is 20.8. The van der Waals surface area contributed by atoms with Crippen LogP contribution in [-0.2, 0) is 4.74 Å². The molecule has 0 radical (unpaired) electrons. The Morgan fingerprint density at radius 3 is 2.47 bits per heavy atom. The van der Waals surface area contributed by atoms with Crippen molar-refractivity contribution in [3.63, 3.8) is 0 Å². The van der Waals surface area contributed by atoms with Gasteiger partial charge in [0, 0.05) is 36.4 Å². The van der Waals surface area contributed by atoms with E-state index in [1.54, 1.807) is 12.3 Å². The van der Waals surface area contributed by atoms with Gasteiger partial charge in [0.15, 0.2) is 5.11 Å². The van der Waals surface area contributed by atoms with E-state index in [9.17, 15) is 4.79 Å². The molecule has 43 heavy (non-hydrogen) atoms. The fourth-order valence-electron chi connectivity index (χ4n) is 6.51. The van der Waals surface area contributed by atoms with Crippen LogP contribution in [0.25, 0.3) is 5.69 Å². The van der Waals surface area contributed by atoms with Gasteiger partial charge < -0.3 is 24.4 Å². The molecule has 6 rings (SSSR count). The summed E-state index contributed by atoms with van der Waals surface area (Å²) in [5.74, 6) is 0.365. The molecule has 0 saturated carbocycles. The van der Waals surface area contributed by atoms with E-state index >= 15 is 0 Å². The Hall–Kier alpha value is -3.88. The number of rotatable bonds is 6. The molecule has 2 aromatic heterocycles. The maximum Gasteiger partial charge on any atom is 0.339 e. The van der Waals surface area contributed by atoms with Crippen LogP contribution < -0.4 is 15.1 Å². The molecule has 0 bridgehead atoms. The third kappa shape index (κ3) is 5.38. The number of hydrogen-bond acceptors (Lipinski definition) is 5. The zero-order valence-electron chi connectivity index (χ0n) is 24.9. The van der Waals surface area contributed by atoms with Gasteiger partial charge in [-0.25, -0.2) is 4.79 Å². The second-order valence-electron chi connectivity index (χ2n) is 11.5. The number of para-hydroxylation sites is 1. The summed E-state index contributed by atoms with van der Waals surface area (Å²) in [7, 11) is 1.41. The fraction of sp³-hybridized carbons (Fsp3) is 0.324. The third-order valence-electron chi connectivity index (χ3n) is 8.77. The molecule has 0 spiro atoms. The van der Waals surface area contributed by atoms with Crippen molar-refractivity contribution in [3.8, 4) is 5.69 Å². The van der Waals surface area contributed by atoms with Gasteiger partial charge in [0.05, 0.1) is 46.8 Å². The summed E-state index contributed by atoms with van der Waals surface area (Å²) in [6.07, 6.45) is 4.14. The second kappa shape index (κ2) is 12.0. The van der Waals surface area contributed by atoms with E-state index in [1.807, 2.05) is 42.5 Å². The lowest BCUT2D eigenvalue weighted by Crippen LogP contribution is -2.33. The van der Waals surface area contributed by atoms with Crippen molar-refractivity contribution >= 4 is 46.3 Å². The van der Waals surface area contributed by atoms with Crippen LogP contribution in [0.3, 0.4) is 0 Å². The molecule has 0 amide bonds. The van der Waals surface area contributed by atoms with E-state index in [1.165, 1.54) is 20.0 Å². The van der Waals surface area contributed by atoms with Gasteiger partial charge in [-0.1, -0.05) is 36.7 Å². The number of ether oxygens (including phenoxy) is 1. The number of aryl methyl sites for hydroxylation is 1. The van der Waals surface area contributed by atoms with Crippen molar-refractivity contribution in [3.05, 3.63) is 106 Å². The smallest absolute Gasteiger partial charge is 0.339 e. The predicted octanol–water partition coefficient (Wildman–Crippen LogP) is 7.34. The highest BCUT2D eigenvalue weighted by molar-refractivity contribution is 7.80. The molecular formula is C34H36ClN5O2S. The van der Waals surface area contributed by atoms with Gasteiger partial charge in [0.2, 0.25) is 0 Å². The van der Waals surface area contributed by atoms with Crippen LogP contribution in [0.15, 0.2) is 72.9 Å². The summed E-state index contributed by atoms with van der Waals surface area (Å²) in [6.45, 7) is 8.46. The lowest BCUT2D eigenvalue weighted by atomic mass is 9.96. The first-order valence-electron chi connectivity index (χ1n) is 14.7. The molecule has 1 N–H and O–H groups in total. The van der Waals surface area contributed by atoms with Crippen LogP contribution in [0.4, 0.5) is 11.4 Å². The first-order valence-corrected chi connectivity index (χ1v) is 15.5. The van der Waals surface area contributed by atoms with Crippen LogP contribution in [0.1, 0.15) is 64.9 Å². The monoisotopic (exact) mass is 613 g/mol. The standard InChI is InChI=1S/C34H36ClN5O2S/c1-21-14-17-38(18-15-21)30-13-12-24(20-27(30)35)40-32(31(37-34(40)43)28-10-7-8-16-36-28)26-19-22(2)39(23(26)3)29-11-6-5-9-25(29)33(41)42-4/h5-13,16,19-21,31-32H,14-15,17-18H2,1-4H3,(H,37,43)/t31-,32-/m0/s1. The molecule has 0 unspecified atom stereocenters. The van der Waals surface area contributed by atoms with Crippen molar-refractivity contribution in [2.75, 3.05) is 30.0 Å². The maximum atomic E-state index is 12.7. The van der Waals surface area contributed by atoms with Crippen molar-refractivity contribution in [2.45, 2.75) is 45.7 Å². The zero-order valence-corrected chi connectivity index (χ0v) is 26.5. The van der Waals surface area contributed by atoms with Gasteiger partial charge >= 0.3 is 5.97 Å². The molecule has 2 aliphatic heterocycles. The summed E-state index contributed by atoms with van der Waals surface area (Å²) >= 11 is 13.0. The van der Waals surface area contributed by atoms with Gasteiger partial charge in [-0.3, -0.25) is 4.98 Å². The minimum Gasteiger partial charge on any atom is -0.465 e. The second-order valence-corrected chi connectivity index (χ2v) is 12.3. The van der Waals surface area contributed by atoms with E-state index in [4.69, 9.17) is 33.5 Å². The van der Waals surface area contributed by atoms with Crippen LogP contribution in [0, 0.1) is 19.8 Å². The number of benzene rings is 2. The number of hydrogen-bond donors (Lipinski definition) is 1. The average Bonchev–Trinajstić information content (AvgIpc) is 3.52. The van der Waals surface area contributed by atoms with Crippen molar-refractivity contribution in [1.82, 2.24) is 14.9 Å². The number of pyridine rings is 1. The van der Waals surface area contributed by atoms with Crippen LogP contribution in [0.2, 0.25) is 5.02 Å². The van der Waals surface area contributed by atoms with Gasteiger partial charge in [-0.05, 0) is 98.9 Å².